The van der Waals surface area contributed by atoms with Crippen molar-refractivity contribution in [3.8, 4) is 0 Å². The van der Waals surface area contributed by atoms with E-state index in [0.29, 0.717) is 18.5 Å². The van der Waals surface area contributed by atoms with Crippen molar-refractivity contribution < 1.29 is 9.50 Å². The predicted molar refractivity (Wildman–Crippen MR) is 77.7 cm³/mol. The Labute approximate surface area is 118 Å². The predicted octanol–water partition coefficient (Wildman–Crippen LogP) is 2.05. The van der Waals surface area contributed by atoms with Crippen molar-refractivity contribution in [2.75, 3.05) is 0 Å². The van der Waals surface area contributed by atoms with Crippen molar-refractivity contribution >= 4 is 5.96 Å². The van der Waals surface area contributed by atoms with E-state index in [-0.39, 0.29) is 12.2 Å². The zero-order valence-corrected chi connectivity index (χ0v) is 11.6. The molecule has 1 fully saturated rings. The van der Waals surface area contributed by atoms with Crippen LogP contribution in [0.3, 0.4) is 0 Å². The summed E-state index contributed by atoms with van der Waals surface area (Å²) in [6.07, 6.45) is 6.06. The number of halogens is 1. The van der Waals surface area contributed by atoms with E-state index in [1.807, 2.05) is 0 Å². The molecule has 0 spiro atoms. The first-order valence-corrected chi connectivity index (χ1v) is 7.13. The first-order valence-electron chi connectivity index (χ1n) is 7.13. The number of aliphatic hydroxyl groups is 1. The number of nitrogens with two attached hydrogens (primary N) is 1. The van der Waals surface area contributed by atoms with Gasteiger partial charge in [-0.1, -0.05) is 25.3 Å². The van der Waals surface area contributed by atoms with Crippen molar-refractivity contribution in [1.29, 1.82) is 0 Å². The Balaban J connectivity index is 1.90. The van der Waals surface area contributed by atoms with Gasteiger partial charge in [-0.3, -0.25) is 0 Å². The molecule has 4 nitrogen and oxygen atoms in total. The number of hydrogen-bond acceptors (Lipinski definition) is 2. The molecule has 20 heavy (non-hydrogen) atoms. The molecule has 0 saturated heterocycles. The molecular formula is C15H22FN3O. The molecule has 1 aliphatic carbocycles. The fourth-order valence-corrected chi connectivity index (χ4v) is 2.53. The van der Waals surface area contributed by atoms with Gasteiger partial charge in [0, 0.05) is 11.6 Å². The van der Waals surface area contributed by atoms with E-state index in [1.165, 1.54) is 25.3 Å². The molecule has 0 aliphatic heterocycles. The molecule has 110 valence electrons. The highest BCUT2D eigenvalue weighted by Crippen LogP contribution is 2.17. The van der Waals surface area contributed by atoms with E-state index in [4.69, 9.17) is 10.8 Å². The standard InChI is InChI=1S/C15H22FN3O/c16-14-7-6-11(8-12(14)10-20)9-18-15(17)19-13-4-2-1-3-5-13/h6-8,13,20H,1-5,9-10H2,(H3,17,18,19). The van der Waals surface area contributed by atoms with Crippen molar-refractivity contribution in [2.24, 2.45) is 10.7 Å². The van der Waals surface area contributed by atoms with Gasteiger partial charge >= 0.3 is 0 Å². The van der Waals surface area contributed by atoms with E-state index < -0.39 is 5.82 Å². The zero-order chi connectivity index (χ0) is 14.4. The second kappa shape index (κ2) is 7.24. The van der Waals surface area contributed by atoms with Gasteiger partial charge in [0.25, 0.3) is 0 Å². The minimum absolute atomic E-state index is 0.288. The summed E-state index contributed by atoms with van der Waals surface area (Å²) in [6.45, 7) is 0.0814. The van der Waals surface area contributed by atoms with Gasteiger partial charge in [0.1, 0.15) is 5.82 Å². The highest BCUT2D eigenvalue weighted by atomic mass is 19.1. The van der Waals surface area contributed by atoms with Crippen LogP contribution in [-0.4, -0.2) is 17.1 Å². The SMILES string of the molecule is NC(=NCc1ccc(F)c(CO)c1)NC1CCCCC1. The summed E-state index contributed by atoms with van der Waals surface area (Å²) in [7, 11) is 0. The average molecular weight is 279 g/mol. The van der Waals surface area contributed by atoms with Gasteiger partial charge < -0.3 is 16.2 Å². The lowest BCUT2D eigenvalue weighted by molar-refractivity contribution is 0.275. The molecule has 1 aliphatic rings. The summed E-state index contributed by atoms with van der Waals surface area (Å²) in [5.41, 5.74) is 6.99. The second-order valence-electron chi connectivity index (χ2n) is 5.26. The van der Waals surface area contributed by atoms with Crippen LogP contribution < -0.4 is 11.1 Å². The van der Waals surface area contributed by atoms with Crippen LogP contribution in [0.2, 0.25) is 0 Å². The van der Waals surface area contributed by atoms with Crippen molar-refractivity contribution in [3.63, 3.8) is 0 Å². The van der Waals surface area contributed by atoms with Crippen molar-refractivity contribution in [3.05, 3.63) is 35.1 Å². The van der Waals surface area contributed by atoms with Crippen LogP contribution >= 0.6 is 0 Å². The number of guanidine groups is 1. The van der Waals surface area contributed by atoms with Gasteiger partial charge in [-0.15, -0.1) is 0 Å². The Kier molecular flexibility index (Phi) is 5.35. The minimum Gasteiger partial charge on any atom is -0.392 e. The van der Waals surface area contributed by atoms with Crippen molar-refractivity contribution in [1.82, 2.24) is 5.32 Å². The maximum atomic E-state index is 13.2. The molecule has 0 unspecified atom stereocenters. The Morgan fingerprint density at radius 2 is 2.10 bits per heavy atom. The summed E-state index contributed by atoms with van der Waals surface area (Å²) < 4.78 is 13.2. The smallest absolute Gasteiger partial charge is 0.189 e. The van der Waals surface area contributed by atoms with Gasteiger partial charge in [0.15, 0.2) is 5.96 Å². The van der Waals surface area contributed by atoms with Crippen LogP contribution in [0, 0.1) is 5.82 Å². The lowest BCUT2D eigenvalue weighted by Gasteiger charge is -2.23. The summed E-state index contributed by atoms with van der Waals surface area (Å²) >= 11 is 0. The average Bonchev–Trinajstić information content (AvgIpc) is 2.47. The number of nitrogens with one attached hydrogen (secondary N) is 1. The first-order chi connectivity index (χ1) is 9.69. The molecule has 0 atom stereocenters. The van der Waals surface area contributed by atoms with Crippen LogP contribution in [0.1, 0.15) is 43.2 Å². The van der Waals surface area contributed by atoms with Gasteiger partial charge in [0.2, 0.25) is 0 Å². The molecule has 5 heteroatoms. The Bertz CT molecular complexity index is 470. The number of rotatable bonds is 4. The van der Waals surface area contributed by atoms with Crippen molar-refractivity contribution in [2.45, 2.75) is 51.3 Å². The van der Waals surface area contributed by atoms with Crippen LogP contribution in [0.25, 0.3) is 0 Å². The first kappa shape index (κ1) is 14.8. The van der Waals surface area contributed by atoms with E-state index in [2.05, 4.69) is 10.3 Å². The Hall–Kier alpha value is -1.62. The third kappa shape index (κ3) is 4.20. The van der Waals surface area contributed by atoms with Crippen LogP contribution in [0.15, 0.2) is 23.2 Å². The largest absolute Gasteiger partial charge is 0.392 e. The third-order valence-corrected chi connectivity index (χ3v) is 3.67. The van der Waals surface area contributed by atoms with E-state index in [9.17, 15) is 4.39 Å². The highest BCUT2D eigenvalue weighted by Gasteiger charge is 2.13. The molecule has 1 aromatic carbocycles. The zero-order valence-electron chi connectivity index (χ0n) is 11.6. The quantitative estimate of drug-likeness (QED) is 0.583. The van der Waals surface area contributed by atoms with Gasteiger partial charge in [0.05, 0.1) is 13.2 Å². The number of aliphatic hydroxyl groups excluding tert-OH is 1. The molecule has 0 bridgehead atoms. The van der Waals surface area contributed by atoms with Crippen LogP contribution in [0.5, 0.6) is 0 Å². The van der Waals surface area contributed by atoms with Gasteiger partial charge in [-0.05, 0) is 30.5 Å². The summed E-state index contributed by atoms with van der Waals surface area (Å²) in [5, 5.41) is 12.3. The van der Waals surface area contributed by atoms with Gasteiger partial charge in [-0.2, -0.15) is 0 Å². The molecule has 0 radical (unpaired) electrons. The van der Waals surface area contributed by atoms with Gasteiger partial charge in [-0.25, -0.2) is 9.38 Å². The molecule has 1 saturated carbocycles. The monoisotopic (exact) mass is 279 g/mol. The Morgan fingerprint density at radius 3 is 2.80 bits per heavy atom. The van der Waals surface area contributed by atoms with E-state index in [1.54, 1.807) is 12.1 Å². The number of benzene rings is 1. The molecular weight excluding hydrogens is 257 g/mol. The molecule has 0 heterocycles. The number of hydrogen-bond donors (Lipinski definition) is 3. The number of aliphatic imine (C=N–C) groups is 1. The highest BCUT2D eigenvalue weighted by molar-refractivity contribution is 5.78. The maximum absolute atomic E-state index is 13.2. The molecule has 1 aromatic rings. The lowest BCUT2D eigenvalue weighted by Crippen LogP contribution is -2.41. The molecule has 2 rings (SSSR count). The topological polar surface area (TPSA) is 70.6 Å². The lowest BCUT2D eigenvalue weighted by atomic mass is 9.96. The molecule has 0 amide bonds. The van der Waals surface area contributed by atoms with E-state index >= 15 is 0 Å². The Morgan fingerprint density at radius 1 is 1.35 bits per heavy atom. The maximum Gasteiger partial charge on any atom is 0.189 e. The van der Waals surface area contributed by atoms with E-state index in [0.717, 1.165) is 18.4 Å². The molecule has 0 aromatic heterocycles. The fraction of sp³-hybridized carbons (Fsp3) is 0.533. The molecule has 4 N–H and O–H groups in total. The minimum atomic E-state index is -0.395. The van der Waals surface area contributed by atoms with Crippen LogP contribution in [0.4, 0.5) is 4.39 Å². The van der Waals surface area contributed by atoms with Crippen LogP contribution in [-0.2, 0) is 13.2 Å². The number of nitrogens with zero attached hydrogens (tertiary/aromatic N) is 1. The fourth-order valence-electron chi connectivity index (χ4n) is 2.53. The summed E-state index contributed by atoms with van der Waals surface area (Å²) in [4.78, 5) is 4.27. The third-order valence-electron chi connectivity index (χ3n) is 3.67. The second-order valence-corrected chi connectivity index (χ2v) is 5.26. The summed E-state index contributed by atoms with van der Waals surface area (Å²) in [6, 6.07) is 5.05. The normalized spacial score (nSPS) is 17.2. The summed E-state index contributed by atoms with van der Waals surface area (Å²) in [5.74, 6) is 0.0419.